The Hall–Kier alpha value is -0.530. The van der Waals surface area contributed by atoms with Crippen LogP contribution in [0.25, 0.3) is 0 Å². The van der Waals surface area contributed by atoms with Gasteiger partial charge in [-0.1, -0.05) is 38.5 Å². The highest BCUT2D eigenvalue weighted by atomic mass is 16.4. The fourth-order valence-electron chi connectivity index (χ4n) is 1.80. The summed E-state index contributed by atoms with van der Waals surface area (Å²) in [7, 11) is 0. The number of aliphatic carboxylic acids is 1. The molecule has 0 bridgehead atoms. The maximum Gasteiger partial charge on any atom is 0.0417 e. The number of carboxylic acid groups (broad SMARTS) is 1. The van der Waals surface area contributed by atoms with Crippen LogP contribution in [0.1, 0.15) is 44.9 Å². The van der Waals surface area contributed by atoms with Gasteiger partial charge in [-0.2, -0.15) is 0 Å². The van der Waals surface area contributed by atoms with Crippen molar-refractivity contribution >= 4 is 5.97 Å². The van der Waals surface area contributed by atoms with Gasteiger partial charge in [0.1, 0.15) is 0 Å². The quantitative estimate of drug-likeness (QED) is 0.560. The van der Waals surface area contributed by atoms with Crippen LogP contribution in [-0.2, 0) is 4.79 Å². The number of carbonyl (C=O) groups excluding carboxylic acids is 1. The van der Waals surface area contributed by atoms with Crippen LogP contribution >= 0.6 is 0 Å². The molecule has 0 atom stereocenters. The largest absolute Gasteiger partial charge is 0.550 e. The Morgan fingerprint density at radius 1 is 1.18 bits per heavy atom. The third-order valence-electron chi connectivity index (χ3n) is 2.43. The van der Waals surface area contributed by atoms with Gasteiger partial charge in [0.2, 0.25) is 0 Å². The van der Waals surface area contributed by atoms with Crippen LogP contribution in [0.2, 0.25) is 0 Å². The van der Waals surface area contributed by atoms with E-state index in [9.17, 15) is 9.90 Å². The summed E-state index contributed by atoms with van der Waals surface area (Å²) in [5.74, 6) is -0.473. The van der Waals surface area contributed by atoms with Crippen molar-refractivity contribution in [3.8, 4) is 0 Å². The Morgan fingerprint density at radius 2 is 1.73 bits per heavy atom. The molecule has 1 saturated carbocycles. The van der Waals surface area contributed by atoms with Gasteiger partial charge in [-0.15, -0.1) is 0 Å². The van der Waals surface area contributed by atoms with Crippen LogP contribution < -0.4 is 5.11 Å². The van der Waals surface area contributed by atoms with Crippen molar-refractivity contribution in [1.82, 2.24) is 0 Å². The van der Waals surface area contributed by atoms with Gasteiger partial charge in [0, 0.05) is 5.97 Å². The van der Waals surface area contributed by atoms with E-state index in [2.05, 4.69) is 0 Å². The van der Waals surface area contributed by atoms with Gasteiger partial charge in [-0.3, -0.25) is 0 Å². The second-order valence-corrected chi connectivity index (χ2v) is 3.43. The Labute approximate surface area is 67.6 Å². The molecule has 64 valence electrons. The predicted molar refractivity (Wildman–Crippen MR) is 40.8 cm³/mol. The van der Waals surface area contributed by atoms with Crippen molar-refractivity contribution in [3.05, 3.63) is 0 Å². The summed E-state index contributed by atoms with van der Waals surface area (Å²) in [6.07, 6.45) is 7.44. The average molecular weight is 155 g/mol. The first-order valence-corrected chi connectivity index (χ1v) is 4.49. The molecule has 0 unspecified atom stereocenters. The highest BCUT2D eigenvalue weighted by Gasteiger charge is 2.11. The number of carbonyl (C=O) groups is 1. The summed E-state index contributed by atoms with van der Waals surface area (Å²) in [5.41, 5.74) is 0. The van der Waals surface area contributed by atoms with Crippen LogP contribution in [0.15, 0.2) is 0 Å². The Bertz CT molecular complexity index is 124. The van der Waals surface area contributed by atoms with E-state index in [0.29, 0.717) is 5.92 Å². The first-order valence-electron chi connectivity index (χ1n) is 4.49. The first-order chi connectivity index (χ1) is 5.29. The lowest BCUT2D eigenvalue weighted by atomic mass is 9.97. The standard InChI is InChI=1S/C9H16O2/c10-9(11)7-8-5-3-1-2-4-6-8/h8H,1-7H2,(H,10,11)/p-1. The van der Waals surface area contributed by atoms with Crippen molar-refractivity contribution < 1.29 is 9.90 Å². The zero-order valence-corrected chi connectivity index (χ0v) is 6.84. The second kappa shape index (κ2) is 4.37. The van der Waals surface area contributed by atoms with Crippen LogP contribution in [-0.4, -0.2) is 5.97 Å². The topological polar surface area (TPSA) is 40.1 Å². The normalized spacial score (nSPS) is 21.1. The van der Waals surface area contributed by atoms with Crippen molar-refractivity contribution in [3.63, 3.8) is 0 Å². The molecule has 0 radical (unpaired) electrons. The average Bonchev–Trinajstić information content (AvgIpc) is 2.14. The molecule has 1 rings (SSSR count). The van der Waals surface area contributed by atoms with Crippen molar-refractivity contribution in [2.24, 2.45) is 5.92 Å². The minimum Gasteiger partial charge on any atom is -0.550 e. The molecule has 1 fully saturated rings. The van der Waals surface area contributed by atoms with E-state index < -0.39 is 5.97 Å². The van der Waals surface area contributed by atoms with Gasteiger partial charge >= 0.3 is 0 Å². The van der Waals surface area contributed by atoms with Crippen LogP contribution in [0.4, 0.5) is 0 Å². The van der Waals surface area contributed by atoms with E-state index in [1.807, 2.05) is 0 Å². The van der Waals surface area contributed by atoms with Crippen LogP contribution in [0.5, 0.6) is 0 Å². The zero-order chi connectivity index (χ0) is 8.10. The summed E-state index contributed by atoms with van der Waals surface area (Å²) in [6, 6.07) is 0. The molecule has 0 spiro atoms. The molecule has 11 heavy (non-hydrogen) atoms. The van der Waals surface area contributed by atoms with E-state index in [4.69, 9.17) is 0 Å². The summed E-state index contributed by atoms with van der Waals surface area (Å²) in [6.45, 7) is 0. The van der Waals surface area contributed by atoms with Crippen LogP contribution in [0.3, 0.4) is 0 Å². The maximum absolute atomic E-state index is 10.3. The summed E-state index contributed by atoms with van der Waals surface area (Å²) in [5, 5.41) is 10.3. The monoisotopic (exact) mass is 155 g/mol. The minimum atomic E-state index is -0.878. The lowest BCUT2D eigenvalue weighted by Gasteiger charge is -2.13. The SMILES string of the molecule is O=C([O-])CC1CCCCCC1. The zero-order valence-electron chi connectivity index (χ0n) is 6.84. The number of rotatable bonds is 2. The Kier molecular flexibility index (Phi) is 3.40. The smallest absolute Gasteiger partial charge is 0.0417 e. The molecular formula is C9H15O2-. The third-order valence-corrected chi connectivity index (χ3v) is 2.43. The van der Waals surface area contributed by atoms with Crippen molar-refractivity contribution in [2.75, 3.05) is 0 Å². The molecule has 0 amide bonds. The maximum atomic E-state index is 10.3. The molecule has 0 aromatic heterocycles. The van der Waals surface area contributed by atoms with Gasteiger partial charge in [0.15, 0.2) is 0 Å². The van der Waals surface area contributed by atoms with Gasteiger partial charge in [0.05, 0.1) is 0 Å². The minimum absolute atomic E-state index is 0.278. The fourth-order valence-corrected chi connectivity index (χ4v) is 1.80. The molecule has 1 aliphatic carbocycles. The first kappa shape index (κ1) is 8.57. The molecule has 2 heteroatoms. The predicted octanol–water partition coefficient (Wildman–Crippen LogP) is 1.10. The highest BCUT2D eigenvalue weighted by molar-refractivity contribution is 5.64. The van der Waals surface area contributed by atoms with Gasteiger partial charge in [0.25, 0.3) is 0 Å². The number of hydrogen-bond donors (Lipinski definition) is 0. The summed E-state index contributed by atoms with van der Waals surface area (Å²) in [4.78, 5) is 10.3. The third kappa shape index (κ3) is 3.40. The van der Waals surface area contributed by atoms with E-state index in [1.54, 1.807) is 0 Å². The number of carboxylic acids is 1. The Morgan fingerprint density at radius 3 is 2.18 bits per heavy atom. The fraction of sp³-hybridized carbons (Fsp3) is 0.889. The molecule has 0 aromatic rings. The van der Waals surface area contributed by atoms with Crippen LogP contribution in [0, 0.1) is 5.92 Å². The molecule has 1 aliphatic rings. The molecule has 2 nitrogen and oxygen atoms in total. The lowest BCUT2D eigenvalue weighted by Crippen LogP contribution is -2.25. The molecule has 0 heterocycles. The molecule has 0 aliphatic heterocycles. The highest BCUT2D eigenvalue weighted by Crippen LogP contribution is 2.24. The summed E-state index contributed by atoms with van der Waals surface area (Å²) < 4.78 is 0. The van der Waals surface area contributed by atoms with E-state index >= 15 is 0 Å². The van der Waals surface area contributed by atoms with E-state index in [0.717, 1.165) is 12.8 Å². The van der Waals surface area contributed by atoms with E-state index in [-0.39, 0.29) is 6.42 Å². The number of hydrogen-bond acceptors (Lipinski definition) is 2. The molecular weight excluding hydrogens is 140 g/mol. The lowest BCUT2D eigenvalue weighted by molar-refractivity contribution is -0.306. The van der Waals surface area contributed by atoms with E-state index in [1.165, 1.54) is 25.7 Å². The van der Waals surface area contributed by atoms with Gasteiger partial charge < -0.3 is 9.90 Å². The Balaban J connectivity index is 2.25. The molecule has 0 aromatic carbocycles. The molecule has 0 N–H and O–H groups in total. The van der Waals surface area contributed by atoms with Crippen molar-refractivity contribution in [1.29, 1.82) is 0 Å². The molecule has 0 saturated heterocycles. The van der Waals surface area contributed by atoms with Gasteiger partial charge in [-0.25, -0.2) is 0 Å². The second-order valence-electron chi connectivity index (χ2n) is 3.43. The van der Waals surface area contributed by atoms with Gasteiger partial charge in [-0.05, 0) is 12.3 Å². The van der Waals surface area contributed by atoms with Crippen molar-refractivity contribution in [2.45, 2.75) is 44.9 Å². The summed E-state index contributed by atoms with van der Waals surface area (Å²) >= 11 is 0.